The molecule has 0 saturated heterocycles. The van der Waals surface area contributed by atoms with Gasteiger partial charge in [-0.25, -0.2) is 8.78 Å². The van der Waals surface area contributed by atoms with Crippen LogP contribution in [0.2, 0.25) is 0 Å². The summed E-state index contributed by atoms with van der Waals surface area (Å²) in [6.07, 6.45) is 9.69. The number of nitrogens with one attached hydrogen (secondary N) is 1. The Hall–Kier alpha value is -0.960. The predicted molar refractivity (Wildman–Crippen MR) is 83.2 cm³/mol. The molecule has 0 heterocycles. The molecule has 1 N–H and O–H groups in total. The Morgan fingerprint density at radius 3 is 2.14 bits per heavy atom. The van der Waals surface area contributed by atoms with Crippen LogP contribution in [0.15, 0.2) is 18.2 Å². The highest BCUT2D eigenvalue weighted by Gasteiger charge is 2.24. The average molecular weight is 295 g/mol. The Kier molecular flexibility index (Phi) is 6.62. The monoisotopic (exact) mass is 295 g/mol. The highest BCUT2D eigenvalue weighted by atomic mass is 19.1. The lowest BCUT2D eigenvalue weighted by molar-refractivity contribution is 0.287. The first-order chi connectivity index (χ1) is 10.2. The minimum Gasteiger partial charge on any atom is -0.310 e. The Morgan fingerprint density at radius 1 is 1.00 bits per heavy atom. The number of halogens is 2. The molecule has 1 aromatic carbocycles. The molecule has 2 rings (SSSR count). The second kappa shape index (κ2) is 8.47. The summed E-state index contributed by atoms with van der Waals surface area (Å²) in [6, 6.07) is 4.02. The summed E-state index contributed by atoms with van der Waals surface area (Å²) in [4.78, 5) is 0. The molecule has 0 radical (unpaired) electrons. The third-order valence-corrected chi connectivity index (χ3v) is 4.48. The maximum Gasteiger partial charge on any atom is 0.126 e. The van der Waals surface area contributed by atoms with Gasteiger partial charge in [-0.1, -0.05) is 39.0 Å². The lowest BCUT2D eigenvalue weighted by Crippen LogP contribution is -2.30. The largest absolute Gasteiger partial charge is 0.310 e. The van der Waals surface area contributed by atoms with Gasteiger partial charge in [0.2, 0.25) is 0 Å². The SMILES string of the molecule is CCCNC(c1cc(F)cc(F)c1)C1CCCCCCC1. The molecular weight excluding hydrogens is 268 g/mol. The third kappa shape index (κ3) is 5.06. The zero-order valence-electron chi connectivity index (χ0n) is 13.0. The lowest BCUT2D eigenvalue weighted by Gasteiger charge is -2.30. The van der Waals surface area contributed by atoms with Gasteiger partial charge in [0, 0.05) is 12.1 Å². The van der Waals surface area contributed by atoms with E-state index in [1.807, 2.05) is 0 Å². The highest BCUT2D eigenvalue weighted by Crippen LogP contribution is 2.33. The van der Waals surface area contributed by atoms with E-state index in [4.69, 9.17) is 0 Å². The molecule has 0 bridgehead atoms. The molecule has 1 unspecified atom stereocenters. The smallest absolute Gasteiger partial charge is 0.126 e. The number of hydrogen-bond acceptors (Lipinski definition) is 1. The average Bonchev–Trinajstić information content (AvgIpc) is 2.39. The van der Waals surface area contributed by atoms with Gasteiger partial charge in [-0.05, 0) is 49.4 Å². The molecule has 1 aliphatic carbocycles. The van der Waals surface area contributed by atoms with Crippen LogP contribution >= 0.6 is 0 Å². The lowest BCUT2D eigenvalue weighted by atomic mass is 9.82. The van der Waals surface area contributed by atoms with Gasteiger partial charge in [0.05, 0.1) is 0 Å². The van der Waals surface area contributed by atoms with E-state index in [0.29, 0.717) is 5.92 Å². The topological polar surface area (TPSA) is 12.0 Å². The maximum atomic E-state index is 13.6. The zero-order chi connectivity index (χ0) is 15.1. The molecule has 21 heavy (non-hydrogen) atoms. The van der Waals surface area contributed by atoms with Crippen LogP contribution in [0.3, 0.4) is 0 Å². The molecule has 1 fully saturated rings. The molecule has 0 aromatic heterocycles. The van der Waals surface area contributed by atoms with Gasteiger partial charge in [-0.15, -0.1) is 0 Å². The Balaban J connectivity index is 2.18. The highest BCUT2D eigenvalue weighted by molar-refractivity contribution is 5.22. The van der Waals surface area contributed by atoms with E-state index in [2.05, 4.69) is 12.2 Å². The summed E-state index contributed by atoms with van der Waals surface area (Å²) in [5, 5.41) is 3.52. The first kappa shape index (κ1) is 16.4. The van der Waals surface area contributed by atoms with Crippen molar-refractivity contribution in [2.75, 3.05) is 6.54 Å². The summed E-state index contributed by atoms with van der Waals surface area (Å²) >= 11 is 0. The van der Waals surface area contributed by atoms with Crippen molar-refractivity contribution < 1.29 is 8.78 Å². The van der Waals surface area contributed by atoms with Crippen LogP contribution in [-0.2, 0) is 0 Å². The van der Waals surface area contributed by atoms with Crippen LogP contribution in [0.5, 0.6) is 0 Å². The molecule has 1 saturated carbocycles. The van der Waals surface area contributed by atoms with Gasteiger partial charge < -0.3 is 5.32 Å². The van der Waals surface area contributed by atoms with Gasteiger partial charge in [-0.2, -0.15) is 0 Å². The quantitative estimate of drug-likeness (QED) is 0.770. The van der Waals surface area contributed by atoms with E-state index in [9.17, 15) is 8.78 Å². The van der Waals surface area contributed by atoms with E-state index in [1.54, 1.807) is 0 Å². The first-order valence-corrected chi connectivity index (χ1v) is 8.40. The van der Waals surface area contributed by atoms with Crippen molar-refractivity contribution in [3.8, 4) is 0 Å². The van der Waals surface area contributed by atoms with Crippen molar-refractivity contribution in [2.24, 2.45) is 5.92 Å². The van der Waals surface area contributed by atoms with E-state index < -0.39 is 11.6 Å². The summed E-state index contributed by atoms with van der Waals surface area (Å²) in [7, 11) is 0. The van der Waals surface area contributed by atoms with E-state index in [-0.39, 0.29) is 6.04 Å². The van der Waals surface area contributed by atoms with Gasteiger partial charge in [0.1, 0.15) is 11.6 Å². The van der Waals surface area contributed by atoms with Crippen LogP contribution in [0.25, 0.3) is 0 Å². The van der Waals surface area contributed by atoms with Crippen molar-refractivity contribution >= 4 is 0 Å². The molecule has 118 valence electrons. The maximum absolute atomic E-state index is 13.6. The fraction of sp³-hybridized carbons (Fsp3) is 0.667. The molecule has 1 aromatic rings. The van der Waals surface area contributed by atoms with Crippen LogP contribution in [-0.4, -0.2) is 6.54 Å². The Bertz CT molecular complexity index is 405. The van der Waals surface area contributed by atoms with Crippen molar-refractivity contribution in [2.45, 2.75) is 64.3 Å². The van der Waals surface area contributed by atoms with Crippen molar-refractivity contribution in [1.82, 2.24) is 5.32 Å². The molecule has 0 amide bonds. The van der Waals surface area contributed by atoms with Crippen molar-refractivity contribution in [1.29, 1.82) is 0 Å². The van der Waals surface area contributed by atoms with Crippen LogP contribution in [0.1, 0.15) is 69.9 Å². The predicted octanol–water partition coefficient (Wildman–Crippen LogP) is 5.37. The Morgan fingerprint density at radius 2 is 1.57 bits per heavy atom. The summed E-state index contributed by atoms with van der Waals surface area (Å²) in [6.45, 7) is 3.01. The second-order valence-electron chi connectivity index (χ2n) is 6.24. The van der Waals surface area contributed by atoms with Crippen LogP contribution in [0, 0.1) is 17.6 Å². The van der Waals surface area contributed by atoms with E-state index in [1.165, 1.54) is 44.2 Å². The molecule has 1 nitrogen and oxygen atoms in total. The van der Waals surface area contributed by atoms with Crippen LogP contribution in [0.4, 0.5) is 8.78 Å². The summed E-state index contributed by atoms with van der Waals surface area (Å²) in [5.41, 5.74) is 0.770. The van der Waals surface area contributed by atoms with Gasteiger partial charge in [-0.3, -0.25) is 0 Å². The van der Waals surface area contributed by atoms with Gasteiger partial charge in [0.15, 0.2) is 0 Å². The molecule has 0 aliphatic heterocycles. The minimum atomic E-state index is -0.473. The molecular formula is C18H27F2N. The van der Waals surface area contributed by atoms with Gasteiger partial charge in [0.25, 0.3) is 0 Å². The van der Waals surface area contributed by atoms with Crippen molar-refractivity contribution in [3.63, 3.8) is 0 Å². The van der Waals surface area contributed by atoms with Crippen LogP contribution < -0.4 is 5.32 Å². The van der Waals surface area contributed by atoms with Gasteiger partial charge >= 0.3 is 0 Å². The molecule has 3 heteroatoms. The zero-order valence-corrected chi connectivity index (χ0v) is 13.0. The molecule has 1 atom stereocenters. The fourth-order valence-electron chi connectivity index (χ4n) is 3.43. The Labute approximate surface area is 127 Å². The summed E-state index contributed by atoms with van der Waals surface area (Å²) < 4.78 is 27.1. The second-order valence-corrected chi connectivity index (χ2v) is 6.24. The third-order valence-electron chi connectivity index (χ3n) is 4.48. The van der Waals surface area contributed by atoms with E-state index >= 15 is 0 Å². The van der Waals surface area contributed by atoms with Crippen molar-refractivity contribution in [3.05, 3.63) is 35.4 Å². The number of rotatable bonds is 5. The van der Waals surface area contributed by atoms with E-state index in [0.717, 1.165) is 37.4 Å². The fourth-order valence-corrected chi connectivity index (χ4v) is 3.43. The normalized spacial score (nSPS) is 19.0. The minimum absolute atomic E-state index is 0.0771. The number of benzene rings is 1. The molecule has 0 spiro atoms. The summed E-state index contributed by atoms with van der Waals surface area (Å²) in [5.74, 6) is -0.462. The molecule has 1 aliphatic rings. The first-order valence-electron chi connectivity index (χ1n) is 8.40. The standard InChI is InChI=1S/C18H27F2N/c1-2-10-21-18(14-8-6-4-3-5-7-9-14)15-11-16(19)13-17(20)12-15/h11-14,18,21H,2-10H2,1H3. The number of hydrogen-bond donors (Lipinski definition) is 1.